The number of unbranched alkanes of at least 4 members (excludes halogenated alkanes) is 2. The van der Waals surface area contributed by atoms with Crippen LogP contribution in [-0.4, -0.2) is 33.9 Å². The highest BCUT2D eigenvalue weighted by Crippen LogP contribution is 2.48. The molecule has 0 unspecified atom stereocenters. The highest BCUT2D eigenvalue weighted by atomic mass is 16.3. The second kappa shape index (κ2) is 12.1. The van der Waals surface area contributed by atoms with Gasteiger partial charge in [0.1, 0.15) is 0 Å². The van der Waals surface area contributed by atoms with Crippen molar-refractivity contribution in [3.63, 3.8) is 0 Å². The Hall–Kier alpha value is -1.49. The molecule has 5 atom stereocenters. The Balaban J connectivity index is 1.12. The van der Waals surface area contributed by atoms with Crippen LogP contribution in [0.5, 0.6) is 0 Å². The van der Waals surface area contributed by atoms with Crippen LogP contribution < -0.4 is 5.32 Å². The highest BCUT2D eigenvalue weighted by Gasteiger charge is 2.43. The average Bonchev–Trinajstić information content (AvgIpc) is 3.50. The first-order valence-electron chi connectivity index (χ1n) is 13.0. The van der Waals surface area contributed by atoms with Crippen LogP contribution in [0.2, 0.25) is 0 Å². The number of aliphatic hydroxyl groups is 2. The molecule has 0 spiro atoms. The van der Waals surface area contributed by atoms with Crippen molar-refractivity contribution in [2.45, 2.75) is 89.4 Å². The Kier molecular flexibility index (Phi) is 8.95. The van der Waals surface area contributed by atoms with Crippen molar-refractivity contribution in [3.8, 4) is 0 Å². The van der Waals surface area contributed by atoms with E-state index in [1.165, 1.54) is 56.9 Å². The monoisotopic (exact) mass is 438 g/mol. The number of aromatic nitrogens is 1. The van der Waals surface area contributed by atoms with Gasteiger partial charge < -0.3 is 15.5 Å². The molecule has 0 aliphatic heterocycles. The molecular formula is C28H42N2O2. The molecule has 3 aliphatic carbocycles. The summed E-state index contributed by atoms with van der Waals surface area (Å²) in [4.78, 5) is 4.06. The first-order chi connectivity index (χ1) is 15.7. The molecule has 0 radical (unpaired) electrons. The maximum absolute atomic E-state index is 10.6. The van der Waals surface area contributed by atoms with Gasteiger partial charge in [0.15, 0.2) is 0 Å². The molecule has 4 rings (SSSR count). The van der Waals surface area contributed by atoms with Gasteiger partial charge in [0, 0.05) is 24.9 Å². The van der Waals surface area contributed by atoms with Crippen LogP contribution in [0.15, 0.2) is 48.3 Å². The predicted octanol–water partition coefficient (Wildman–Crippen LogP) is 5.17. The second-order valence-electron chi connectivity index (χ2n) is 10.4. The molecule has 3 aliphatic rings. The molecule has 0 saturated heterocycles. The van der Waals surface area contributed by atoms with E-state index in [-0.39, 0.29) is 18.1 Å². The van der Waals surface area contributed by atoms with Gasteiger partial charge in [-0.1, -0.05) is 55.9 Å². The van der Waals surface area contributed by atoms with Crippen LogP contribution in [-0.2, 0) is 6.54 Å². The van der Waals surface area contributed by atoms with E-state index >= 15 is 0 Å². The van der Waals surface area contributed by atoms with Gasteiger partial charge in [-0.05, 0) is 80.5 Å². The van der Waals surface area contributed by atoms with Crippen molar-refractivity contribution in [3.05, 3.63) is 53.9 Å². The standard InChI is InChI=1S/C28H42N2O2/c31-25(17-21-6-3-4-7-21)9-10-26-27-18-23(16-24(27)19-28(26)32)8-2-1-5-13-30-20-22-11-14-29-15-12-22/h9-12,14-16,21,24-28,30-32H,1-8,13,17-20H2/t24-,25+,26+,27-,28+/m0/s1. The fourth-order valence-electron chi connectivity index (χ4n) is 6.23. The predicted molar refractivity (Wildman–Crippen MR) is 130 cm³/mol. The highest BCUT2D eigenvalue weighted by molar-refractivity contribution is 5.21. The third-order valence-corrected chi connectivity index (χ3v) is 7.98. The number of pyridine rings is 1. The molecule has 2 fully saturated rings. The zero-order chi connectivity index (χ0) is 22.2. The van der Waals surface area contributed by atoms with Crippen molar-refractivity contribution in [1.29, 1.82) is 0 Å². The Morgan fingerprint density at radius 2 is 1.94 bits per heavy atom. The van der Waals surface area contributed by atoms with E-state index < -0.39 is 0 Å². The summed E-state index contributed by atoms with van der Waals surface area (Å²) in [7, 11) is 0. The summed E-state index contributed by atoms with van der Waals surface area (Å²) in [6.07, 6.45) is 22.8. The van der Waals surface area contributed by atoms with Gasteiger partial charge in [-0.3, -0.25) is 4.98 Å². The van der Waals surface area contributed by atoms with Gasteiger partial charge >= 0.3 is 0 Å². The molecule has 1 aromatic rings. The Morgan fingerprint density at radius 1 is 1.12 bits per heavy atom. The third-order valence-electron chi connectivity index (χ3n) is 7.98. The summed E-state index contributed by atoms with van der Waals surface area (Å²) in [5.74, 6) is 1.98. The van der Waals surface area contributed by atoms with Crippen LogP contribution in [0.3, 0.4) is 0 Å². The second-order valence-corrected chi connectivity index (χ2v) is 10.4. The number of aliphatic hydroxyl groups excluding tert-OH is 2. The number of allylic oxidation sites excluding steroid dienone is 2. The number of nitrogens with zero attached hydrogens (tertiary/aromatic N) is 1. The van der Waals surface area contributed by atoms with Gasteiger partial charge in [-0.15, -0.1) is 0 Å². The van der Waals surface area contributed by atoms with Crippen molar-refractivity contribution in [1.82, 2.24) is 10.3 Å². The number of fused-ring (bicyclic) bond motifs is 1. The summed E-state index contributed by atoms with van der Waals surface area (Å²) in [6, 6.07) is 4.12. The van der Waals surface area contributed by atoms with Gasteiger partial charge in [0.2, 0.25) is 0 Å². The molecule has 0 bridgehead atoms. The van der Waals surface area contributed by atoms with Crippen LogP contribution in [0.4, 0.5) is 0 Å². The van der Waals surface area contributed by atoms with Crippen LogP contribution in [0.25, 0.3) is 0 Å². The normalized spacial score (nSPS) is 29.0. The lowest BCUT2D eigenvalue weighted by molar-refractivity contribution is 0.139. The van der Waals surface area contributed by atoms with E-state index in [0.29, 0.717) is 17.8 Å². The summed E-state index contributed by atoms with van der Waals surface area (Å²) < 4.78 is 0. The van der Waals surface area contributed by atoms with E-state index in [9.17, 15) is 10.2 Å². The summed E-state index contributed by atoms with van der Waals surface area (Å²) in [6.45, 7) is 1.98. The number of rotatable bonds is 12. The molecule has 4 heteroatoms. The fraction of sp³-hybridized carbons (Fsp3) is 0.679. The van der Waals surface area contributed by atoms with E-state index in [1.54, 1.807) is 5.57 Å². The summed E-state index contributed by atoms with van der Waals surface area (Å²) in [5, 5.41) is 24.5. The van der Waals surface area contributed by atoms with E-state index in [2.05, 4.69) is 34.6 Å². The molecular weight excluding hydrogens is 396 g/mol. The minimum absolute atomic E-state index is 0.212. The molecule has 1 heterocycles. The minimum Gasteiger partial charge on any atom is -0.392 e. The first kappa shape index (κ1) is 23.7. The van der Waals surface area contributed by atoms with Crippen LogP contribution >= 0.6 is 0 Å². The number of nitrogens with one attached hydrogen (secondary N) is 1. The minimum atomic E-state index is -0.342. The van der Waals surface area contributed by atoms with Crippen molar-refractivity contribution < 1.29 is 10.2 Å². The van der Waals surface area contributed by atoms with Crippen LogP contribution in [0.1, 0.15) is 76.2 Å². The molecule has 1 aromatic heterocycles. The van der Waals surface area contributed by atoms with Crippen molar-refractivity contribution in [2.75, 3.05) is 6.54 Å². The zero-order valence-electron chi connectivity index (χ0n) is 19.5. The molecule has 3 N–H and O–H groups in total. The topological polar surface area (TPSA) is 65.4 Å². The van der Waals surface area contributed by atoms with Crippen molar-refractivity contribution >= 4 is 0 Å². The van der Waals surface area contributed by atoms with Gasteiger partial charge in [0.05, 0.1) is 12.2 Å². The SMILES string of the molecule is O[C@H](C=C[C@@H]1[C@H]2CC(CCCCCNCc3ccncc3)=C[C@H]2C[C@H]1O)CC1CCCC1. The van der Waals surface area contributed by atoms with Gasteiger partial charge in [0.25, 0.3) is 0 Å². The third kappa shape index (κ3) is 6.76. The quantitative estimate of drug-likeness (QED) is 0.311. The lowest BCUT2D eigenvalue weighted by Crippen LogP contribution is -2.18. The summed E-state index contributed by atoms with van der Waals surface area (Å²) >= 11 is 0. The Morgan fingerprint density at radius 3 is 2.75 bits per heavy atom. The van der Waals surface area contributed by atoms with E-state index in [0.717, 1.165) is 32.4 Å². The molecule has 2 saturated carbocycles. The molecule has 0 aromatic carbocycles. The zero-order valence-corrected chi connectivity index (χ0v) is 19.5. The van der Waals surface area contributed by atoms with Gasteiger partial charge in [-0.25, -0.2) is 0 Å². The van der Waals surface area contributed by atoms with Crippen molar-refractivity contribution in [2.24, 2.45) is 23.7 Å². The lowest BCUT2D eigenvalue weighted by Gasteiger charge is -2.19. The average molecular weight is 439 g/mol. The first-order valence-corrected chi connectivity index (χ1v) is 13.0. The number of hydrogen-bond acceptors (Lipinski definition) is 4. The smallest absolute Gasteiger partial charge is 0.0723 e. The maximum Gasteiger partial charge on any atom is 0.0723 e. The largest absolute Gasteiger partial charge is 0.392 e. The van der Waals surface area contributed by atoms with Crippen LogP contribution in [0, 0.1) is 23.7 Å². The van der Waals surface area contributed by atoms with E-state index in [1.807, 2.05) is 18.5 Å². The summed E-state index contributed by atoms with van der Waals surface area (Å²) in [5.41, 5.74) is 2.89. The maximum atomic E-state index is 10.6. The molecule has 0 amide bonds. The van der Waals surface area contributed by atoms with Gasteiger partial charge in [-0.2, -0.15) is 0 Å². The Labute approximate surface area is 194 Å². The van der Waals surface area contributed by atoms with E-state index in [4.69, 9.17) is 0 Å². The fourth-order valence-corrected chi connectivity index (χ4v) is 6.23. The molecule has 4 nitrogen and oxygen atoms in total. The lowest BCUT2D eigenvalue weighted by atomic mass is 9.88. The number of hydrogen-bond donors (Lipinski definition) is 3. The molecule has 32 heavy (non-hydrogen) atoms. The Bertz CT molecular complexity index is 741. The molecule has 176 valence electrons.